The van der Waals surface area contributed by atoms with Crippen LogP contribution in [0.1, 0.15) is 39.2 Å². The van der Waals surface area contributed by atoms with Gasteiger partial charge in [-0.15, -0.1) is 0 Å². The first kappa shape index (κ1) is 18.7. The molecule has 1 unspecified atom stereocenters. The molecule has 0 spiro atoms. The first-order valence-electron chi connectivity index (χ1n) is 8.19. The molecule has 0 saturated carbocycles. The highest BCUT2D eigenvalue weighted by molar-refractivity contribution is 5.80. The molecule has 1 aromatic carbocycles. The van der Waals surface area contributed by atoms with Gasteiger partial charge in [-0.2, -0.15) is 0 Å². The van der Waals surface area contributed by atoms with Crippen LogP contribution in [-0.2, 0) is 16.1 Å². The molecule has 0 aliphatic heterocycles. The average molecular weight is 306 g/mol. The number of benzene rings is 1. The Morgan fingerprint density at radius 1 is 1.23 bits per heavy atom. The molecule has 0 aliphatic carbocycles. The molecule has 0 fully saturated rings. The van der Waals surface area contributed by atoms with E-state index in [1.165, 1.54) is 0 Å². The van der Waals surface area contributed by atoms with Gasteiger partial charge in [0.15, 0.2) is 0 Å². The van der Waals surface area contributed by atoms with E-state index in [9.17, 15) is 4.79 Å². The monoisotopic (exact) mass is 306 g/mol. The van der Waals surface area contributed by atoms with Gasteiger partial charge in [-0.05, 0) is 37.8 Å². The topological polar surface area (TPSA) is 55.6 Å². The molecule has 0 bridgehead atoms. The number of carbonyl (C=O) groups is 1. The molecule has 1 amide bonds. The van der Waals surface area contributed by atoms with E-state index in [0.717, 1.165) is 18.4 Å². The summed E-state index contributed by atoms with van der Waals surface area (Å²) in [7, 11) is 0. The molecule has 0 aliphatic rings. The summed E-state index contributed by atoms with van der Waals surface area (Å²) in [5.41, 5.74) is 6.72. The predicted molar refractivity (Wildman–Crippen MR) is 90.4 cm³/mol. The fourth-order valence-corrected chi connectivity index (χ4v) is 2.16. The van der Waals surface area contributed by atoms with E-state index in [2.05, 4.69) is 13.8 Å². The molecule has 0 heterocycles. The molecule has 22 heavy (non-hydrogen) atoms. The lowest BCUT2D eigenvalue weighted by molar-refractivity contribution is -0.143. The minimum Gasteiger partial charge on any atom is -0.369 e. The number of hydrogen-bond donors (Lipinski definition) is 1. The van der Waals surface area contributed by atoms with E-state index in [4.69, 9.17) is 10.5 Å². The van der Waals surface area contributed by atoms with E-state index in [1.54, 1.807) is 0 Å². The lowest BCUT2D eigenvalue weighted by Gasteiger charge is -2.26. The first-order chi connectivity index (χ1) is 10.5. The third kappa shape index (κ3) is 7.05. The molecule has 124 valence electrons. The molecule has 4 nitrogen and oxygen atoms in total. The van der Waals surface area contributed by atoms with Crippen LogP contribution in [0, 0.1) is 5.92 Å². The number of ether oxygens (including phenoxy) is 1. The summed E-state index contributed by atoms with van der Waals surface area (Å²) in [5, 5.41) is 0. The van der Waals surface area contributed by atoms with Crippen molar-refractivity contribution in [2.45, 2.75) is 46.3 Å². The molecule has 0 saturated heterocycles. The maximum atomic E-state index is 12.6. The number of nitrogens with zero attached hydrogens (tertiary/aromatic N) is 1. The molecule has 1 atom stereocenters. The van der Waals surface area contributed by atoms with Crippen LogP contribution >= 0.6 is 0 Å². The molecular weight excluding hydrogens is 276 g/mol. The van der Waals surface area contributed by atoms with Crippen molar-refractivity contribution in [1.29, 1.82) is 0 Å². The van der Waals surface area contributed by atoms with E-state index in [1.807, 2.05) is 42.2 Å². The second-order valence-electron chi connectivity index (χ2n) is 6.08. The second kappa shape index (κ2) is 10.4. The third-order valence-electron chi connectivity index (χ3n) is 3.57. The van der Waals surface area contributed by atoms with Crippen LogP contribution in [0.15, 0.2) is 30.3 Å². The van der Waals surface area contributed by atoms with Crippen molar-refractivity contribution < 1.29 is 9.53 Å². The molecule has 0 aromatic heterocycles. The van der Waals surface area contributed by atoms with Crippen LogP contribution in [0.2, 0.25) is 0 Å². The van der Waals surface area contributed by atoms with Crippen molar-refractivity contribution in [3.8, 4) is 0 Å². The van der Waals surface area contributed by atoms with Gasteiger partial charge in [0.1, 0.15) is 6.10 Å². The van der Waals surface area contributed by atoms with Crippen molar-refractivity contribution in [1.82, 2.24) is 4.90 Å². The highest BCUT2D eigenvalue weighted by atomic mass is 16.5. The fraction of sp³-hybridized carbons (Fsp3) is 0.611. The Balaban J connectivity index is 2.59. The standard InChI is InChI=1S/C18H30N2O2/c1-15(2)10-13-22-16(3)18(21)20(12-7-11-19)14-17-8-5-4-6-9-17/h4-6,8-9,15-16H,7,10-14,19H2,1-3H3. The summed E-state index contributed by atoms with van der Waals surface area (Å²) < 4.78 is 5.69. The van der Waals surface area contributed by atoms with Gasteiger partial charge in [-0.1, -0.05) is 44.2 Å². The Bertz CT molecular complexity index is 420. The van der Waals surface area contributed by atoms with Gasteiger partial charge in [0, 0.05) is 19.7 Å². The van der Waals surface area contributed by atoms with Crippen molar-refractivity contribution in [2.75, 3.05) is 19.7 Å². The summed E-state index contributed by atoms with van der Waals surface area (Å²) in [6, 6.07) is 10.0. The van der Waals surface area contributed by atoms with E-state index in [-0.39, 0.29) is 5.91 Å². The highest BCUT2D eigenvalue weighted by Gasteiger charge is 2.21. The minimum absolute atomic E-state index is 0.0426. The Morgan fingerprint density at radius 2 is 1.91 bits per heavy atom. The second-order valence-corrected chi connectivity index (χ2v) is 6.08. The molecule has 1 aromatic rings. The Kier molecular flexibility index (Phi) is 8.78. The van der Waals surface area contributed by atoms with Crippen molar-refractivity contribution >= 4 is 5.91 Å². The average Bonchev–Trinajstić information content (AvgIpc) is 2.51. The van der Waals surface area contributed by atoms with Crippen molar-refractivity contribution in [3.05, 3.63) is 35.9 Å². The summed E-state index contributed by atoms with van der Waals surface area (Å²) in [5.74, 6) is 0.626. The summed E-state index contributed by atoms with van der Waals surface area (Å²) in [6.07, 6.45) is 1.37. The van der Waals surface area contributed by atoms with Crippen LogP contribution < -0.4 is 5.73 Å². The maximum Gasteiger partial charge on any atom is 0.251 e. The lowest BCUT2D eigenvalue weighted by atomic mass is 10.1. The molecular formula is C18H30N2O2. The van der Waals surface area contributed by atoms with Gasteiger partial charge >= 0.3 is 0 Å². The van der Waals surface area contributed by atoms with Crippen molar-refractivity contribution in [2.24, 2.45) is 11.7 Å². The smallest absolute Gasteiger partial charge is 0.251 e. The molecule has 0 radical (unpaired) electrons. The van der Waals surface area contributed by atoms with Crippen LogP contribution in [0.4, 0.5) is 0 Å². The Labute approximate surface area is 134 Å². The van der Waals surface area contributed by atoms with E-state index < -0.39 is 6.10 Å². The van der Waals surface area contributed by atoms with Crippen molar-refractivity contribution in [3.63, 3.8) is 0 Å². The highest BCUT2D eigenvalue weighted by Crippen LogP contribution is 2.09. The van der Waals surface area contributed by atoms with Gasteiger partial charge < -0.3 is 15.4 Å². The zero-order valence-corrected chi connectivity index (χ0v) is 14.1. The molecule has 4 heteroatoms. The number of hydrogen-bond acceptors (Lipinski definition) is 3. The van der Waals surface area contributed by atoms with Gasteiger partial charge in [0.2, 0.25) is 0 Å². The van der Waals surface area contributed by atoms with Gasteiger partial charge in [0.05, 0.1) is 0 Å². The zero-order valence-electron chi connectivity index (χ0n) is 14.1. The van der Waals surface area contributed by atoms with Crippen LogP contribution in [0.3, 0.4) is 0 Å². The summed E-state index contributed by atoms with van der Waals surface area (Å²) in [6.45, 7) is 8.63. The largest absolute Gasteiger partial charge is 0.369 e. The summed E-state index contributed by atoms with van der Waals surface area (Å²) >= 11 is 0. The molecule has 2 N–H and O–H groups in total. The van der Waals surface area contributed by atoms with Gasteiger partial charge in [-0.25, -0.2) is 0 Å². The minimum atomic E-state index is -0.403. The Hall–Kier alpha value is -1.39. The zero-order chi connectivity index (χ0) is 16.4. The maximum absolute atomic E-state index is 12.6. The van der Waals surface area contributed by atoms with E-state index in [0.29, 0.717) is 32.2 Å². The summed E-state index contributed by atoms with van der Waals surface area (Å²) in [4.78, 5) is 14.4. The first-order valence-corrected chi connectivity index (χ1v) is 8.19. The SMILES string of the molecule is CC(C)CCOC(C)C(=O)N(CCCN)Cc1ccccc1. The number of carbonyl (C=O) groups excluding carboxylic acids is 1. The number of nitrogens with two attached hydrogens (primary N) is 1. The van der Waals surface area contributed by atoms with Gasteiger partial charge in [0.25, 0.3) is 5.91 Å². The quantitative estimate of drug-likeness (QED) is 0.723. The van der Waals surface area contributed by atoms with Crippen LogP contribution in [0.5, 0.6) is 0 Å². The third-order valence-corrected chi connectivity index (χ3v) is 3.57. The normalized spacial score (nSPS) is 12.4. The van der Waals surface area contributed by atoms with Crippen LogP contribution in [0.25, 0.3) is 0 Å². The number of amides is 1. The molecule has 1 rings (SSSR count). The number of rotatable bonds is 10. The fourth-order valence-electron chi connectivity index (χ4n) is 2.16. The Morgan fingerprint density at radius 3 is 2.50 bits per heavy atom. The van der Waals surface area contributed by atoms with Gasteiger partial charge in [-0.3, -0.25) is 4.79 Å². The lowest BCUT2D eigenvalue weighted by Crippen LogP contribution is -2.40. The van der Waals surface area contributed by atoms with E-state index >= 15 is 0 Å². The van der Waals surface area contributed by atoms with Crippen LogP contribution in [-0.4, -0.2) is 36.6 Å². The predicted octanol–water partition coefficient (Wildman–Crippen LogP) is 2.82.